The largest absolute Gasteiger partial charge is 0.324 e. The van der Waals surface area contributed by atoms with E-state index in [1.807, 2.05) is 0 Å². The normalized spacial score (nSPS) is 34.5. The molecule has 1 aromatic rings. The van der Waals surface area contributed by atoms with Crippen LogP contribution in [0.5, 0.6) is 0 Å². The summed E-state index contributed by atoms with van der Waals surface area (Å²) in [4.78, 5) is 5.51. The molecule has 3 aliphatic rings. The van der Waals surface area contributed by atoms with Crippen LogP contribution in [0.2, 0.25) is 5.02 Å². The summed E-state index contributed by atoms with van der Waals surface area (Å²) < 4.78 is 16.5. The van der Waals surface area contributed by atoms with Crippen molar-refractivity contribution in [2.24, 2.45) is 10.9 Å². The van der Waals surface area contributed by atoms with Crippen LogP contribution in [0.4, 0.5) is 10.1 Å². The van der Waals surface area contributed by atoms with Gasteiger partial charge in [-0.1, -0.05) is 11.6 Å². The molecule has 3 nitrogen and oxygen atoms in total. The van der Waals surface area contributed by atoms with Crippen LogP contribution in [0.3, 0.4) is 0 Å². The fourth-order valence-electron chi connectivity index (χ4n) is 2.10. The number of nitrogens with one attached hydrogen (secondary N) is 2. The molecule has 17 heavy (non-hydrogen) atoms. The highest BCUT2D eigenvalue weighted by Crippen LogP contribution is 2.69. The summed E-state index contributed by atoms with van der Waals surface area (Å²) in [6.45, 7) is 0. The van der Waals surface area contributed by atoms with Gasteiger partial charge in [-0.15, -0.1) is 0 Å². The maximum absolute atomic E-state index is 13.4. The molecule has 0 amide bonds. The maximum Gasteiger partial charge on any atom is 0.206 e. The van der Waals surface area contributed by atoms with Gasteiger partial charge < -0.3 is 5.32 Å². The highest BCUT2D eigenvalue weighted by atomic mass is 35.5. The monoisotopic (exact) mass is 269 g/mol. The topological polar surface area (TPSA) is 36.4 Å². The minimum Gasteiger partial charge on any atom is -0.324 e. The molecule has 1 heterocycles. The summed E-state index contributed by atoms with van der Waals surface area (Å²) in [7, 11) is 0. The van der Waals surface area contributed by atoms with Crippen molar-refractivity contribution < 1.29 is 4.39 Å². The van der Waals surface area contributed by atoms with Crippen LogP contribution in [-0.2, 0) is 0 Å². The molecule has 0 saturated heterocycles. The van der Waals surface area contributed by atoms with Crippen LogP contribution in [0.15, 0.2) is 22.0 Å². The molecule has 1 aromatic carbocycles. The predicted octanol–water partition coefficient (Wildman–Crippen LogP) is 3.02. The van der Waals surface area contributed by atoms with Gasteiger partial charge in [-0.3, -0.25) is 4.72 Å². The summed E-state index contributed by atoms with van der Waals surface area (Å²) in [5.74, 6) is 1.12. The lowest BCUT2D eigenvalue weighted by Gasteiger charge is -2.21. The number of guanidine groups is 1. The van der Waals surface area contributed by atoms with Gasteiger partial charge in [0.1, 0.15) is 5.82 Å². The van der Waals surface area contributed by atoms with Gasteiger partial charge in [0.2, 0.25) is 5.96 Å². The molecule has 0 unspecified atom stereocenters. The van der Waals surface area contributed by atoms with E-state index in [2.05, 4.69) is 15.0 Å². The number of nitrogens with zero attached hydrogens (tertiary/aromatic N) is 1. The van der Waals surface area contributed by atoms with Gasteiger partial charge in [0.25, 0.3) is 0 Å². The van der Waals surface area contributed by atoms with E-state index < -0.39 is 5.82 Å². The second-order valence-corrected chi connectivity index (χ2v) is 6.02. The molecule has 0 bridgehead atoms. The maximum atomic E-state index is 13.4. The third-order valence-electron chi connectivity index (χ3n) is 3.51. The first-order valence-electron chi connectivity index (χ1n) is 5.45. The Hall–Kier alpha value is -0.940. The number of anilines is 1. The standard InChI is InChI=1S/C11H9ClFN3S/c12-6-1-9-8(2-7(6)13)14-10(16-17-9)15-11-3-5(11)4-11/h1-2,5H,3-4H2,(H2,14,15,16). The van der Waals surface area contributed by atoms with Gasteiger partial charge in [-0.2, -0.15) is 0 Å². The van der Waals surface area contributed by atoms with Crippen molar-refractivity contribution in [3.05, 3.63) is 23.0 Å². The lowest BCUT2D eigenvalue weighted by molar-refractivity contribution is 0.627. The first-order valence-corrected chi connectivity index (χ1v) is 6.64. The van der Waals surface area contributed by atoms with E-state index in [0.717, 1.165) is 22.5 Å². The minimum absolute atomic E-state index is 0.142. The quantitative estimate of drug-likeness (QED) is 0.770. The molecule has 6 heteroatoms. The summed E-state index contributed by atoms with van der Waals surface area (Å²) in [6.07, 6.45) is 2.40. The smallest absolute Gasteiger partial charge is 0.206 e. The third-order valence-corrected chi connectivity index (χ3v) is 4.65. The second-order valence-electron chi connectivity index (χ2n) is 4.76. The zero-order valence-electron chi connectivity index (χ0n) is 8.76. The Kier molecular flexibility index (Phi) is 1.82. The fraction of sp³-hybridized carbons (Fsp3) is 0.364. The number of rotatable bonds is 1. The van der Waals surface area contributed by atoms with Gasteiger partial charge in [-0.05, 0) is 36.8 Å². The molecule has 2 saturated carbocycles. The van der Waals surface area contributed by atoms with E-state index in [-0.39, 0.29) is 10.6 Å². The van der Waals surface area contributed by atoms with Gasteiger partial charge in [0.15, 0.2) is 0 Å². The number of hydrogen-bond donors (Lipinski definition) is 2. The van der Waals surface area contributed by atoms with E-state index in [9.17, 15) is 4.39 Å². The van der Waals surface area contributed by atoms with E-state index in [1.54, 1.807) is 6.07 Å². The Morgan fingerprint density at radius 3 is 2.94 bits per heavy atom. The Morgan fingerprint density at radius 1 is 1.47 bits per heavy atom. The zero-order chi connectivity index (χ0) is 11.6. The number of aliphatic imine (C=N–C) groups is 1. The number of fused-ring (bicyclic) bond motifs is 2. The molecule has 0 atom stereocenters. The van der Waals surface area contributed by atoms with Crippen molar-refractivity contribution in [1.29, 1.82) is 0 Å². The first-order chi connectivity index (χ1) is 8.16. The second kappa shape index (κ2) is 3.09. The average molecular weight is 270 g/mol. The van der Waals surface area contributed by atoms with Crippen molar-refractivity contribution in [2.45, 2.75) is 23.3 Å². The lowest BCUT2D eigenvalue weighted by Crippen LogP contribution is -2.30. The third kappa shape index (κ3) is 1.52. The Labute approximate surface area is 107 Å². The van der Waals surface area contributed by atoms with Crippen molar-refractivity contribution in [3.8, 4) is 0 Å². The van der Waals surface area contributed by atoms with Crippen molar-refractivity contribution >= 4 is 35.2 Å². The summed E-state index contributed by atoms with van der Waals surface area (Å²) >= 11 is 7.14. The zero-order valence-corrected chi connectivity index (χ0v) is 10.3. The fourth-order valence-corrected chi connectivity index (χ4v) is 3.03. The molecule has 0 aromatic heterocycles. The Balaban J connectivity index is 1.66. The summed E-state index contributed by atoms with van der Waals surface area (Å²) in [6, 6.07) is 3.03. The molecule has 88 valence electrons. The number of halogens is 2. The molecular formula is C11H9ClFN3S. The SMILES string of the molecule is Fc1cc2c(cc1Cl)SNC(=NC13CC1C3)N2. The van der Waals surface area contributed by atoms with E-state index in [1.165, 1.54) is 30.9 Å². The van der Waals surface area contributed by atoms with Crippen LogP contribution in [0, 0.1) is 11.7 Å². The highest BCUT2D eigenvalue weighted by Gasteiger charge is 2.70. The average Bonchev–Trinajstić information content (AvgIpc) is 3.10. The number of hydrogen-bond acceptors (Lipinski definition) is 2. The van der Waals surface area contributed by atoms with Gasteiger partial charge in [0.05, 0.1) is 21.1 Å². The molecule has 0 radical (unpaired) electrons. The van der Waals surface area contributed by atoms with Crippen LogP contribution in [0.25, 0.3) is 0 Å². The van der Waals surface area contributed by atoms with Crippen LogP contribution >= 0.6 is 23.5 Å². The summed E-state index contributed by atoms with van der Waals surface area (Å²) in [5.41, 5.74) is 0.946. The molecule has 2 N–H and O–H groups in total. The molecule has 4 rings (SSSR count). The van der Waals surface area contributed by atoms with E-state index in [0.29, 0.717) is 0 Å². The Morgan fingerprint density at radius 2 is 2.24 bits per heavy atom. The molecule has 0 spiro atoms. The van der Waals surface area contributed by atoms with Crippen LogP contribution < -0.4 is 10.0 Å². The van der Waals surface area contributed by atoms with Crippen molar-refractivity contribution in [3.63, 3.8) is 0 Å². The molecule has 2 fully saturated rings. The van der Waals surface area contributed by atoms with Crippen LogP contribution in [-0.4, -0.2) is 11.5 Å². The van der Waals surface area contributed by atoms with Crippen molar-refractivity contribution in [1.82, 2.24) is 4.72 Å². The predicted molar refractivity (Wildman–Crippen MR) is 66.9 cm³/mol. The molecule has 2 aliphatic carbocycles. The van der Waals surface area contributed by atoms with E-state index >= 15 is 0 Å². The molecular weight excluding hydrogens is 261 g/mol. The minimum atomic E-state index is -0.409. The van der Waals surface area contributed by atoms with Gasteiger partial charge in [0, 0.05) is 6.07 Å². The van der Waals surface area contributed by atoms with Gasteiger partial charge in [-0.25, -0.2) is 9.38 Å². The highest BCUT2D eigenvalue weighted by molar-refractivity contribution is 7.98. The summed E-state index contributed by atoms with van der Waals surface area (Å²) in [5, 5.41) is 3.25. The lowest BCUT2D eigenvalue weighted by atomic mass is 10.3. The van der Waals surface area contributed by atoms with Gasteiger partial charge >= 0.3 is 0 Å². The van der Waals surface area contributed by atoms with Crippen LogP contribution in [0.1, 0.15) is 12.8 Å². The first kappa shape index (κ1) is 10.0. The molecule has 1 aliphatic heterocycles. The van der Waals surface area contributed by atoms with Crippen molar-refractivity contribution in [2.75, 3.05) is 5.32 Å². The van der Waals surface area contributed by atoms with E-state index in [4.69, 9.17) is 11.6 Å². The Bertz CT molecular complexity index is 554. The number of benzene rings is 1.